The number of amidine groups is 1. The highest BCUT2D eigenvalue weighted by Crippen LogP contribution is 2.06. The molecule has 31 heavy (non-hydrogen) atoms. The number of aliphatic imine (C=N–C) groups is 1. The lowest BCUT2D eigenvalue weighted by Gasteiger charge is -2.11. The monoisotopic (exact) mass is 434 g/mol. The average Bonchev–Trinajstić information content (AvgIpc) is 2.81. The predicted molar refractivity (Wildman–Crippen MR) is 131 cm³/mol. The van der Waals surface area contributed by atoms with Gasteiger partial charge in [-0.05, 0) is 31.1 Å². The van der Waals surface area contributed by atoms with E-state index in [0.29, 0.717) is 24.6 Å². The number of rotatable bonds is 11. The minimum atomic E-state index is -0.982. The van der Waals surface area contributed by atoms with Crippen LogP contribution in [0, 0.1) is 0 Å². The number of hydrogen-bond donors (Lipinski definition) is 2. The van der Waals surface area contributed by atoms with Gasteiger partial charge in [-0.25, -0.2) is 10.3 Å². The van der Waals surface area contributed by atoms with E-state index in [9.17, 15) is 4.79 Å². The summed E-state index contributed by atoms with van der Waals surface area (Å²) in [5, 5.41) is 9.06. The second-order valence-electron chi connectivity index (χ2n) is 6.19. The molecule has 0 amide bonds. The maximum Gasteiger partial charge on any atom is 0.335 e. The zero-order valence-corrected chi connectivity index (χ0v) is 20.4. The normalized spacial score (nSPS) is 11.3. The Morgan fingerprint density at radius 1 is 1.13 bits per heavy atom. The molecule has 6 nitrogen and oxygen atoms in total. The van der Waals surface area contributed by atoms with E-state index in [0.717, 1.165) is 18.6 Å². The number of carbonyl (C=O) groups is 1. The van der Waals surface area contributed by atoms with E-state index in [4.69, 9.17) is 14.7 Å². The minimum Gasteiger partial charge on any atom is -0.478 e. The molecule has 0 aliphatic carbocycles. The molecule has 0 heterocycles. The Hall–Kier alpha value is -2.44. The Morgan fingerprint density at radius 3 is 2.29 bits per heavy atom. The molecule has 6 heteroatoms. The molecule has 0 atom stereocenters. The summed E-state index contributed by atoms with van der Waals surface area (Å²) >= 11 is 0. The highest BCUT2D eigenvalue weighted by atomic mass is 16.6. The van der Waals surface area contributed by atoms with E-state index >= 15 is 0 Å². The third-order valence-electron chi connectivity index (χ3n) is 3.78. The zero-order valence-electron chi connectivity index (χ0n) is 20.4. The fourth-order valence-electron chi connectivity index (χ4n) is 1.94. The molecule has 0 aliphatic rings. The molecule has 1 aromatic rings. The first kappa shape index (κ1) is 30.8. The van der Waals surface area contributed by atoms with Crippen LogP contribution in [0.3, 0.4) is 0 Å². The summed E-state index contributed by atoms with van der Waals surface area (Å²) in [5.41, 5.74) is 4.61. The lowest BCUT2D eigenvalue weighted by molar-refractivity contribution is 0.0696. The molecule has 0 bridgehead atoms. The number of aromatic carboxylic acids is 1. The van der Waals surface area contributed by atoms with Gasteiger partial charge < -0.3 is 9.84 Å². The number of unbranched alkanes of at least 4 members (excludes halogenated alkanes) is 1. The number of ether oxygens (including phenoxy) is 1. The molecule has 0 aromatic heterocycles. The fraction of sp³-hybridized carbons (Fsp3) is 0.520. The van der Waals surface area contributed by atoms with Crippen LogP contribution in [0.5, 0.6) is 0 Å². The highest BCUT2D eigenvalue weighted by Gasteiger charge is 2.07. The molecule has 2 N–H and O–H groups in total. The van der Waals surface area contributed by atoms with E-state index in [-0.39, 0.29) is 5.56 Å². The van der Waals surface area contributed by atoms with Gasteiger partial charge >= 0.3 is 5.97 Å². The minimum absolute atomic E-state index is 0.199. The summed E-state index contributed by atoms with van der Waals surface area (Å²) in [6, 6.07) is 6.51. The molecule has 1 rings (SSSR count). The van der Waals surface area contributed by atoms with E-state index in [1.54, 1.807) is 25.2 Å². The molecule has 0 radical (unpaired) electrons. The summed E-state index contributed by atoms with van der Waals surface area (Å²) in [6.45, 7) is 14.0. The van der Waals surface area contributed by atoms with Crippen molar-refractivity contribution >= 4 is 11.8 Å². The van der Waals surface area contributed by atoms with Crippen LogP contribution in [0.15, 0.2) is 53.1 Å². The van der Waals surface area contributed by atoms with Crippen molar-refractivity contribution in [3.05, 3.63) is 59.2 Å². The van der Waals surface area contributed by atoms with Crippen molar-refractivity contribution in [1.29, 1.82) is 0 Å². The van der Waals surface area contributed by atoms with Gasteiger partial charge in [0.2, 0.25) is 0 Å². The van der Waals surface area contributed by atoms with E-state index < -0.39 is 5.97 Å². The van der Waals surface area contributed by atoms with Crippen molar-refractivity contribution in [3.8, 4) is 0 Å². The van der Waals surface area contributed by atoms with Crippen LogP contribution in [0.25, 0.3) is 0 Å². The molecule has 0 aliphatic heterocycles. The first-order chi connectivity index (χ1) is 15.0. The fourth-order valence-corrected chi connectivity index (χ4v) is 1.94. The van der Waals surface area contributed by atoms with E-state index in [1.807, 2.05) is 39.0 Å². The number of carboxylic acid groups (broad SMARTS) is 1. The van der Waals surface area contributed by atoms with Crippen molar-refractivity contribution in [3.63, 3.8) is 0 Å². The lowest BCUT2D eigenvalue weighted by atomic mass is 10.1. The number of benzene rings is 1. The first-order valence-corrected chi connectivity index (χ1v) is 11.1. The Kier molecular flexibility index (Phi) is 22.1. The zero-order chi connectivity index (χ0) is 23.9. The van der Waals surface area contributed by atoms with Crippen LogP contribution >= 0.6 is 0 Å². The Balaban J connectivity index is 0. The summed E-state index contributed by atoms with van der Waals surface area (Å²) < 4.78 is 5.39. The summed E-state index contributed by atoms with van der Waals surface area (Å²) in [7, 11) is 1.61. The van der Waals surface area contributed by atoms with Gasteiger partial charge in [0.25, 0.3) is 0 Å². The van der Waals surface area contributed by atoms with Crippen molar-refractivity contribution in [2.75, 3.05) is 26.9 Å². The summed E-state index contributed by atoms with van der Waals surface area (Å²) in [5.74, 6) is -0.515. The largest absolute Gasteiger partial charge is 0.478 e. The Bertz CT molecular complexity index is 665. The van der Waals surface area contributed by atoms with Crippen LogP contribution in [0.1, 0.15) is 76.7 Å². The smallest absolute Gasteiger partial charge is 0.335 e. The molecular formula is C25H42N2O4. The second kappa shape index (κ2) is 22.2. The number of nitrogens with zero attached hydrogens (tertiary/aromatic N) is 1. The van der Waals surface area contributed by atoms with E-state index in [2.05, 4.69) is 31.2 Å². The highest BCUT2D eigenvalue weighted by molar-refractivity contribution is 6.00. The first-order valence-electron chi connectivity index (χ1n) is 11.1. The van der Waals surface area contributed by atoms with Crippen LogP contribution in [0.4, 0.5) is 0 Å². The van der Waals surface area contributed by atoms with Crippen LogP contribution in [0.2, 0.25) is 0 Å². The molecule has 1 aromatic carbocycles. The van der Waals surface area contributed by atoms with Gasteiger partial charge in [-0.1, -0.05) is 77.8 Å². The van der Waals surface area contributed by atoms with Crippen LogP contribution in [-0.2, 0) is 9.57 Å². The molecule has 0 unspecified atom stereocenters. The number of nitrogens with one attached hydrogen (secondary N) is 1. The molecule has 0 saturated heterocycles. The topological polar surface area (TPSA) is 80.2 Å². The van der Waals surface area contributed by atoms with Crippen LogP contribution in [-0.4, -0.2) is 43.8 Å². The van der Waals surface area contributed by atoms with Gasteiger partial charge in [0, 0.05) is 19.2 Å². The third-order valence-corrected chi connectivity index (χ3v) is 3.78. The van der Waals surface area contributed by atoms with Crippen LogP contribution < -0.4 is 5.48 Å². The quantitative estimate of drug-likeness (QED) is 0.146. The standard InChI is InChI=1S/C19H26N2O4.C4H10.C2H6/c1-4-11-24-12-7-8-15(5-2)14-25-21-18(20-3)16-9-6-10-17(13-16)19(22)23;1-3-4-2;1-2/h5-10,13H,4,11-12,14H2,1-3H3,(H,20,21)(H,22,23);3-4H2,1-2H3;1-2H3/b8-7-,15-5+;;. The maximum atomic E-state index is 11.1. The maximum absolute atomic E-state index is 11.1. The number of carboxylic acids is 1. The lowest BCUT2D eigenvalue weighted by Crippen LogP contribution is -2.26. The average molecular weight is 435 g/mol. The molecule has 0 saturated carbocycles. The second-order valence-corrected chi connectivity index (χ2v) is 6.19. The van der Waals surface area contributed by atoms with Gasteiger partial charge in [0.05, 0.1) is 18.8 Å². The summed E-state index contributed by atoms with van der Waals surface area (Å²) in [6.07, 6.45) is 9.48. The van der Waals surface area contributed by atoms with Gasteiger partial charge in [0.1, 0.15) is 0 Å². The molecule has 0 spiro atoms. The molecule has 0 fully saturated rings. The van der Waals surface area contributed by atoms with Gasteiger partial charge in [-0.15, -0.1) is 0 Å². The number of hydrogen-bond acceptors (Lipinski definition) is 4. The van der Waals surface area contributed by atoms with Gasteiger partial charge in [0.15, 0.2) is 5.84 Å². The molecule has 176 valence electrons. The van der Waals surface area contributed by atoms with E-state index in [1.165, 1.54) is 18.9 Å². The van der Waals surface area contributed by atoms with Crippen molar-refractivity contribution < 1.29 is 19.5 Å². The SMILES string of the molecule is C/C=C(\C=C/COCCC)CONC(=NC)c1cccc(C(=O)O)c1.CC.CCCC. The van der Waals surface area contributed by atoms with Gasteiger partial charge in [-0.3, -0.25) is 9.83 Å². The molecular weight excluding hydrogens is 392 g/mol. The third kappa shape index (κ3) is 16.0. The number of allylic oxidation sites excluding steroid dienone is 1. The van der Waals surface area contributed by atoms with Crippen molar-refractivity contribution in [2.45, 2.75) is 60.8 Å². The van der Waals surface area contributed by atoms with Crippen molar-refractivity contribution in [1.82, 2.24) is 5.48 Å². The number of hydroxylamine groups is 1. The summed E-state index contributed by atoms with van der Waals surface area (Å²) in [4.78, 5) is 20.6. The van der Waals surface area contributed by atoms with Gasteiger partial charge in [-0.2, -0.15) is 0 Å². The Morgan fingerprint density at radius 2 is 1.77 bits per heavy atom. The Labute approximate surface area is 189 Å². The predicted octanol–water partition coefficient (Wildman–Crippen LogP) is 6.04. The van der Waals surface area contributed by atoms with Crippen molar-refractivity contribution in [2.24, 2.45) is 4.99 Å².